The van der Waals surface area contributed by atoms with Crippen molar-refractivity contribution in [2.75, 3.05) is 7.11 Å². The third-order valence-electron chi connectivity index (χ3n) is 6.35. The van der Waals surface area contributed by atoms with Crippen LogP contribution in [0.2, 0.25) is 0 Å². The van der Waals surface area contributed by atoms with Crippen molar-refractivity contribution >= 4 is 22.9 Å². The van der Waals surface area contributed by atoms with Crippen molar-refractivity contribution in [2.45, 2.75) is 5.54 Å². The highest BCUT2D eigenvalue weighted by Crippen LogP contribution is 2.44. The molecule has 5 rings (SSSR count). The first kappa shape index (κ1) is 22.2. The summed E-state index contributed by atoms with van der Waals surface area (Å²) in [5, 5.41) is 15.4. The minimum atomic E-state index is -1.06. The van der Waals surface area contributed by atoms with Gasteiger partial charge in [-0.3, -0.25) is 0 Å². The first-order chi connectivity index (χ1) is 17.1. The van der Waals surface area contributed by atoms with Crippen molar-refractivity contribution in [1.82, 2.24) is 9.78 Å². The number of aromatic carboxylic acids is 1. The minimum Gasteiger partial charge on any atom is -0.495 e. The number of carbonyl (C=O) groups is 1. The second kappa shape index (κ2) is 8.95. The lowest BCUT2D eigenvalue weighted by Crippen LogP contribution is -2.38. The molecule has 0 aliphatic rings. The molecule has 35 heavy (non-hydrogen) atoms. The zero-order chi connectivity index (χ0) is 24.4. The second-order valence-electron chi connectivity index (χ2n) is 8.16. The van der Waals surface area contributed by atoms with Gasteiger partial charge in [0.05, 0.1) is 23.7 Å². The van der Waals surface area contributed by atoms with Gasteiger partial charge in [0, 0.05) is 0 Å². The Morgan fingerprint density at radius 2 is 1.34 bits per heavy atom. The largest absolute Gasteiger partial charge is 0.495 e. The van der Waals surface area contributed by atoms with Crippen LogP contribution < -0.4 is 4.74 Å². The van der Waals surface area contributed by atoms with Gasteiger partial charge in [-0.2, -0.15) is 5.10 Å². The first-order valence-corrected chi connectivity index (χ1v) is 11.3. The molecule has 5 aromatic rings. The highest BCUT2D eigenvalue weighted by molar-refractivity contribution is 6.02. The van der Waals surface area contributed by atoms with E-state index in [2.05, 4.69) is 43.0 Å². The molecule has 0 saturated heterocycles. The van der Waals surface area contributed by atoms with Crippen LogP contribution in [0.15, 0.2) is 110 Å². The Balaban J connectivity index is 2.01. The Bertz CT molecular complexity index is 1410. The standard InChI is InChI=1S/C30H24N2O3/c1-3-25-27-26(20-19-24(29(33)34)28(27)35-2)32(31-25)30(21-13-7-4-8-14-21,22-15-9-5-10-16-22)23-17-11-6-12-18-23/h3-20H,1H2,2H3,(H,33,34). The summed E-state index contributed by atoms with van der Waals surface area (Å²) in [4.78, 5) is 12.0. The predicted molar refractivity (Wildman–Crippen MR) is 138 cm³/mol. The lowest BCUT2D eigenvalue weighted by molar-refractivity contribution is 0.0693. The fourth-order valence-corrected chi connectivity index (χ4v) is 4.89. The number of aromatic nitrogens is 2. The monoisotopic (exact) mass is 460 g/mol. The molecular weight excluding hydrogens is 436 g/mol. The van der Waals surface area contributed by atoms with Crippen LogP contribution in [0, 0.1) is 0 Å². The average molecular weight is 461 g/mol. The molecule has 1 aromatic heterocycles. The topological polar surface area (TPSA) is 64.4 Å². The second-order valence-corrected chi connectivity index (χ2v) is 8.16. The van der Waals surface area contributed by atoms with Crippen LogP contribution in [0.5, 0.6) is 5.75 Å². The molecule has 5 nitrogen and oxygen atoms in total. The van der Waals surface area contributed by atoms with E-state index in [9.17, 15) is 9.90 Å². The molecule has 5 heteroatoms. The van der Waals surface area contributed by atoms with Gasteiger partial charge in [0.25, 0.3) is 0 Å². The van der Waals surface area contributed by atoms with Gasteiger partial charge in [-0.1, -0.05) is 97.6 Å². The van der Waals surface area contributed by atoms with Gasteiger partial charge < -0.3 is 9.84 Å². The van der Waals surface area contributed by atoms with E-state index in [1.165, 1.54) is 7.11 Å². The Hall–Kier alpha value is -4.64. The smallest absolute Gasteiger partial charge is 0.339 e. The van der Waals surface area contributed by atoms with Gasteiger partial charge in [0.15, 0.2) is 0 Å². The summed E-state index contributed by atoms with van der Waals surface area (Å²) >= 11 is 0. The van der Waals surface area contributed by atoms with Crippen LogP contribution in [0.3, 0.4) is 0 Å². The number of hydrogen-bond donors (Lipinski definition) is 1. The molecule has 0 spiro atoms. The summed E-state index contributed by atoms with van der Waals surface area (Å²) < 4.78 is 7.59. The van der Waals surface area contributed by atoms with Crippen LogP contribution in [0.1, 0.15) is 32.7 Å². The van der Waals surface area contributed by atoms with Crippen molar-refractivity contribution in [3.05, 3.63) is 138 Å². The number of benzene rings is 4. The quantitative estimate of drug-likeness (QED) is 0.293. The predicted octanol–water partition coefficient (Wildman–Crippen LogP) is 6.23. The number of methoxy groups -OCH3 is 1. The molecule has 0 aliphatic heterocycles. The summed E-state index contributed by atoms with van der Waals surface area (Å²) in [6.45, 7) is 3.97. The number of rotatable bonds is 7. The van der Waals surface area contributed by atoms with E-state index in [0.717, 1.165) is 22.2 Å². The highest BCUT2D eigenvalue weighted by atomic mass is 16.5. The first-order valence-electron chi connectivity index (χ1n) is 11.3. The van der Waals surface area contributed by atoms with E-state index in [1.807, 2.05) is 59.3 Å². The van der Waals surface area contributed by atoms with E-state index in [4.69, 9.17) is 9.84 Å². The van der Waals surface area contributed by atoms with E-state index < -0.39 is 11.5 Å². The molecule has 0 atom stereocenters. The molecular formula is C30H24N2O3. The summed E-state index contributed by atoms with van der Waals surface area (Å²) in [5.41, 5.74) is 3.55. The Kier molecular flexibility index (Phi) is 5.67. The normalized spacial score (nSPS) is 11.3. The van der Waals surface area contributed by atoms with Gasteiger partial charge in [0.1, 0.15) is 16.9 Å². The van der Waals surface area contributed by atoms with Crippen molar-refractivity contribution in [1.29, 1.82) is 0 Å². The fraction of sp³-hybridized carbons (Fsp3) is 0.0667. The van der Waals surface area contributed by atoms with E-state index >= 15 is 0 Å². The van der Waals surface area contributed by atoms with Gasteiger partial charge >= 0.3 is 5.97 Å². The van der Waals surface area contributed by atoms with Crippen LogP contribution in [-0.2, 0) is 5.54 Å². The average Bonchev–Trinajstić information content (AvgIpc) is 3.29. The highest BCUT2D eigenvalue weighted by Gasteiger charge is 2.41. The molecule has 0 bridgehead atoms. The molecule has 172 valence electrons. The van der Waals surface area contributed by atoms with E-state index in [-0.39, 0.29) is 11.3 Å². The third kappa shape index (κ3) is 3.40. The van der Waals surface area contributed by atoms with Crippen molar-refractivity contribution in [2.24, 2.45) is 0 Å². The maximum atomic E-state index is 12.0. The SMILES string of the molecule is C=Cc1nn(C(c2ccccc2)(c2ccccc2)c2ccccc2)c2ccc(C(=O)O)c(OC)c12. The number of carboxylic acids is 1. The lowest BCUT2D eigenvalue weighted by atomic mass is 9.77. The summed E-state index contributed by atoms with van der Waals surface area (Å²) in [6.07, 6.45) is 1.64. The Morgan fingerprint density at radius 1 is 0.857 bits per heavy atom. The van der Waals surface area contributed by atoms with Crippen molar-refractivity contribution < 1.29 is 14.6 Å². The van der Waals surface area contributed by atoms with E-state index in [1.54, 1.807) is 18.2 Å². The summed E-state index contributed by atoms with van der Waals surface area (Å²) in [5.74, 6) is -0.800. The Labute approximate surface area is 203 Å². The van der Waals surface area contributed by atoms with Gasteiger partial charge in [0.2, 0.25) is 0 Å². The number of hydrogen-bond acceptors (Lipinski definition) is 3. The molecule has 0 fully saturated rings. The molecule has 1 N–H and O–H groups in total. The molecule has 0 radical (unpaired) electrons. The molecule has 0 amide bonds. The van der Waals surface area contributed by atoms with Crippen LogP contribution >= 0.6 is 0 Å². The zero-order valence-corrected chi connectivity index (χ0v) is 19.3. The maximum absolute atomic E-state index is 12.0. The van der Waals surface area contributed by atoms with Gasteiger partial charge in [-0.15, -0.1) is 0 Å². The number of fused-ring (bicyclic) bond motifs is 1. The third-order valence-corrected chi connectivity index (χ3v) is 6.35. The van der Waals surface area contributed by atoms with Crippen LogP contribution in [-0.4, -0.2) is 28.0 Å². The zero-order valence-electron chi connectivity index (χ0n) is 19.3. The molecule has 0 unspecified atom stereocenters. The molecule has 0 saturated carbocycles. The van der Waals surface area contributed by atoms with Crippen LogP contribution in [0.25, 0.3) is 17.0 Å². The lowest BCUT2D eigenvalue weighted by Gasteiger charge is -2.37. The molecule has 1 heterocycles. The maximum Gasteiger partial charge on any atom is 0.339 e. The van der Waals surface area contributed by atoms with Gasteiger partial charge in [-0.05, 0) is 34.9 Å². The molecule has 0 aliphatic carbocycles. The molecule has 4 aromatic carbocycles. The number of nitrogens with zero attached hydrogens (tertiary/aromatic N) is 2. The van der Waals surface area contributed by atoms with Crippen molar-refractivity contribution in [3.63, 3.8) is 0 Å². The number of ether oxygens (including phenoxy) is 1. The minimum absolute atomic E-state index is 0.0763. The summed E-state index contributed by atoms with van der Waals surface area (Å²) in [7, 11) is 1.48. The fourth-order valence-electron chi connectivity index (χ4n) is 4.89. The van der Waals surface area contributed by atoms with Crippen LogP contribution in [0.4, 0.5) is 0 Å². The Morgan fingerprint density at radius 3 is 1.74 bits per heavy atom. The van der Waals surface area contributed by atoms with E-state index in [0.29, 0.717) is 11.1 Å². The van der Waals surface area contributed by atoms with Crippen molar-refractivity contribution in [3.8, 4) is 5.75 Å². The summed E-state index contributed by atoms with van der Waals surface area (Å²) in [6, 6.07) is 33.9. The number of carboxylic acid groups (broad SMARTS) is 1. The van der Waals surface area contributed by atoms with Gasteiger partial charge in [-0.25, -0.2) is 9.48 Å².